The molecule has 0 fully saturated rings. The van der Waals surface area contributed by atoms with Gasteiger partial charge in [0, 0.05) is 16.5 Å². The molecule has 2 aromatic rings. The van der Waals surface area contributed by atoms with Gasteiger partial charge in [0.25, 0.3) is 6.47 Å². The van der Waals surface area contributed by atoms with Gasteiger partial charge in [-0.05, 0) is 13.0 Å². The monoisotopic (exact) mass is 319 g/mol. The van der Waals surface area contributed by atoms with Crippen LogP contribution in [0.1, 0.15) is 34.8 Å². The van der Waals surface area contributed by atoms with Crippen LogP contribution in [0.4, 0.5) is 0 Å². The maximum Gasteiger partial charge on any atom is 0.311 e. The number of nitrogens with zero attached hydrogens (tertiary/aromatic N) is 1. The molecule has 0 amide bonds. The number of rotatable bonds is 7. The van der Waals surface area contributed by atoms with E-state index >= 15 is 0 Å². The molecule has 0 saturated heterocycles. The van der Waals surface area contributed by atoms with Gasteiger partial charge in [0.15, 0.2) is 11.9 Å². The average molecular weight is 319 g/mol. The Bertz CT molecular complexity index is 709. The first-order valence-corrected chi connectivity index (χ1v) is 7.29. The van der Waals surface area contributed by atoms with Crippen LogP contribution in [0.25, 0.3) is 11.3 Å². The minimum atomic E-state index is -1.16. The molecule has 1 aromatic carbocycles. The van der Waals surface area contributed by atoms with E-state index in [1.54, 1.807) is 36.6 Å². The van der Waals surface area contributed by atoms with Crippen molar-refractivity contribution in [3.05, 3.63) is 40.2 Å². The number of aliphatic carboxylic acids is 1. The standard InChI is InChI=1S/C15H13NO5S/c1-9(21-8-17)15-16-12(7-22-15)10-3-2-4-11(5-10)13(18)6-14(19)20/h2-5,7-9H,6H2,1H3,(H,19,20). The fourth-order valence-corrected chi connectivity index (χ4v) is 2.66. The first-order chi connectivity index (χ1) is 10.5. The van der Waals surface area contributed by atoms with Crippen LogP contribution in [0, 0.1) is 0 Å². The third-order valence-corrected chi connectivity index (χ3v) is 3.93. The van der Waals surface area contributed by atoms with E-state index in [2.05, 4.69) is 4.98 Å². The molecule has 1 N–H and O–H groups in total. The first kappa shape index (κ1) is 15.8. The minimum Gasteiger partial charge on any atom is -0.481 e. The Labute approximate surface area is 130 Å². The fourth-order valence-electron chi connectivity index (χ4n) is 1.84. The molecule has 0 aliphatic carbocycles. The molecular formula is C15H13NO5S. The number of aromatic nitrogens is 1. The number of benzene rings is 1. The summed E-state index contributed by atoms with van der Waals surface area (Å²) in [5.74, 6) is -1.62. The SMILES string of the molecule is CC(OC=O)c1nc(-c2cccc(C(=O)CC(=O)O)c2)cs1. The van der Waals surface area contributed by atoms with E-state index in [1.807, 2.05) is 0 Å². The van der Waals surface area contributed by atoms with Gasteiger partial charge in [0.2, 0.25) is 0 Å². The van der Waals surface area contributed by atoms with Crippen molar-refractivity contribution in [3.63, 3.8) is 0 Å². The molecule has 0 aliphatic rings. The Hall–Kier alpha value is -2.54. The van der Waals surface area contributed by atoms with Crippen LogP contribution in [0.15, 0.2) is 29.6 Å². The molecule has 7 heteroatoms. The Balaban J connectivity index is 2.24. The number of hydrogen-bond acceptors (Lipinski definition) is 6. The molecule has 1 aromatic heterocycles. The molecule has 2 rings (SSSR count). The molecule has 0 aliphatic heterocycles. The zero-order valence-electron chi connectivity index (χ0n) is 11.7. The molecule has 1 heterocycles. The maximum atomic E-state index is 11.8. The van der Waals surface area contributed by atoms with Crippen molar-refractivity contribution in [2.24, 2.45) is 0 Å². The summed E-state index contributed by atoms with van der Waals surface area (Å²) < 4.78 is 4.83. The van der Waals surface area contributed by atoms with Crippen molar-refractivity contribution in [1.29, 1.82) is 0 Å². The summed E-state index contributed by atoms with van der Waals surface area (Å²) in [6, 6.07) is 6.63. The van der Waals surface area contributed by atoms with Gasteiger partial charge in [0.1, 0.15) is 11.4 Å². The van der Waals surface area contributed by atoms with E-state index in [0.29, 0.717) is 28.3 Å². The Morgan fingerprint density at radius 2 is 2.23 bits per heavy atom. The Morgan fingerprint density at radius 1 is 1.45 bits per heavy atom. The third-order valence-electron chi connectivity index (χ3n) is 2.92. The van der Waals surface area contributed by atoms with Crippen molar-refractivity contribution in [2.45, 2.75) is 19.4 Å². The van der Waals surface area contributed by atoms with Gasteiger partial charge in [-0.1, -0.05) is 18.2 Å². The highest BCUT2D eigenvalue weighted by Gasteiger charge is 2.14. The Kier molecular flexibility index (Phi) is 5.00. The lowest BCUT2D eigenvalue weighted by molar-refractivity contribution is -0.136. The highest BCUT2D eigenvalue weighted by atomic mass is 32.1. The zero-order valence-corrected chi connectivity index (χ0v) is 12.5. The highest BCUT2D eigenvalue weighted by molar-refractivity contribution is 7.10. The van der Waals surface area contributed by atoms with E-state index in [0.717, 1.165) is 0 Å². The highest BCUT2D eigenvalue weighted by Crippen LogP contribution is 2.27. The molecule has 0 saturated carbocycles. The van der Waals surface area contributed by atoms with Crippen LogP contribution in [-0.4, -0.2) is 28.3 Å². The second-order valence-electron chi connectivity index (χ2n) is 4.52. The first-order valence-electron chi connectivity index (χ1n) is 6.41. The number of carboxylic acid groups (broad SMARTS) is 1. The number of carboxylic acids is 1. The van der Waals surface area contributed by atoms with E-state index in [1.165, 1.54) is 11.3 Å². The molecule has 114 valence electrons. The lowest BCUT2D eigenvalue weighted by atomic mass is 10.0. The summed E-state index contributed by atoms with van der Waals surface area (Å²) in [6.45, 7) is 2.08. The van der Waals surface area contributed by atoms with Crippen molar-refractivity contribution < 1.29 is 24.2 Å². The van der Waals surface area contributed by atoms with E-state index < -0.39 is 24.3 Å². The maximum absolute atomic E-state index is 11.8. The number of Topliss-reactive ketones (excluding diaryl/α,β-unsaturated/α-hetero) is 1. The third kappa shape index (κ3) is 3.76. The van der Waals surface area contributed by atoms with Crippen LogP contribution in [-0.2, 0) is 14.3 Å². The lowest BCUT2D eigenvalue weighted by Crippen LogP contribution is -2.06. The minimum absolute atomic E-state index is 0.326. The normalized spacial score (nSPS) is 11.7. The van der Waals surface area contributed by atoms with Gasteiger partial charge in [-0.2, -0.15) is 0 Å². The van der Waals surface area contributed by atoms with E-state index in [9.17, 15) is 14.4 Å². The lowest BCUT2D eigenvalue weighted by Gasteiger charge is -2.04. The predicted molar refractivity (Wildman–Crippen MR) is 79.7 cm³/mol. The van der Waals surface area contributed by atoms with Crippen molar-refractivity contribution in [3.8, 4) is 11.3 Å². The van der Waals surface area contributed by atoms with Gasteiger partial charge in [-0.3, -0.25) is 14.4 Å². The molecule has 1 atom stereocenters. The molecule has 22 heavy (non-hydrogen) atoms. The molecular weight excluding hydrogens is 306 g/mol. The van der Waals surface area contributed by atoms with Crippen LogP contribution >= 0.6 is 11.3 Å². The average Bonchev–Trinajstić information content (AvgIpc) is 2.97. The number of hydrogen-bond donors (Lipinski definition) is 1. The molecule has 6 nitrogen and oxygen atoms in total. The number of thiazole rings is 1. The van der Waals surface area contributed by atoms with Crippen LogP contribution in [0.2, 0.25) is 0 Å². The van der Waals surface area contributed by atoms with Gasteiger partial charge in [-0.25, -0.2) is 4.98 Å². The van der Waals surface area contributed by atoms with Gasteiger partial charge in [-0.15, -0.1) is 11.3 Å². The van der Waals surface area contributed by atoms with Crippen LogP contribution in [0.5, 0.6) is 0 Å². The Morgan fingerprint density at radius 3 is 2.91 bits per heavy atom. The summed E-state index contributed by atoms with van der Waals surface area (Å²) >= 11 is 1.34. The van der Waals surface area contributed by atoms with E-state index in [-0.39, 0.29) is 0 Å². The summed E-state index contributed by atoms with van der Waals surface area (Å²) in [5.41, 5.74) is 1.68. The zero-order chi connectivity index (χ0) is 16.1. The largest absolute Gasteiger partial charge is 0.481 e. The number of carbonyl (C=O) groups excluding carboxylic acids is 2. The summed E-state index contributed by atoms with van der Waals surface area (Å²) in [6.07, 6.45) is -0.983. The van der Waals surface area contributed by atoms with Crippen molar-refractivity contribution in [2.75, 3.05) is 0 Å². The van der Waals surface area contributed by atoms with Crippen molar-refractivity contribution in [1.82, 2.24) is 4.98 Å². The number of ketones is 1. The molecule has 1 unspecified atom stereocenters. The summed E-state index contributed by atoms with van der Waals surface area (Å²) in [5, 5.41) is 11.1. The van der Waals surface area contributed by atoms with Crippen molar-refractivity contribution >= 4 is 29.6 Å². The fraction of sp³-hybridized carbons (Fsp3) is 0.200. The summed E-state index contributed by atoms with van der Waals surface area (Å²) in [4.78, 5) is 37.1. The smallest absolute Gasteiger partial charge is 0.311 e. The van der Waals surface area contributed by atoms with Gasteiger partial charge >= 0.3 is 5.97 Å². The number of carbonyl (C=O) groups is 3. The predicted octanol–water partition coefficient (Wildman–Crippen LogP) is 2.70. The second kappa shape index (κ2) is 6.95. The molecule has 0 spiro atoms. The van der Waals surface area contributed by atoms with Crippen LogP contribution < -0.4 is 0 Å². The second-order valence-corrected chi connectivity index (χ2v) is 5.41. The molecule has 0 radical (unpaired) electrons. The quantitative estimate of drug-likeness (QED) is 0.479. The summed E-state index contributed by atoms with van der Waals surface area (Å²) in [7, 11) is 0. The molecule has 0 bridgehead atoms. The van der Waals surface area contributed by atoms with Gasteiger partial charge in [0.05, 0.1) is 5.69 Å². The number of ether oxygens (including phenoxy) is 1. The van der Waals surface area contributed by atoms with Gasteiger partial charge < -0.3 is 9.84 Å². The van der Waals surface area contributed by atoms with E-state index in [4.69, 9.17) is 9.84 Å². The topological polar surface area (TPSA) is 93.6 Å². The van der Waals surface area contributed by atoms with Crippen LogP contribution in [0.3, 0.4) is 0 Å².